The van der Waals surface area contributed by atoms with Gasteiger partial charge in [-0.15, -0.1) is 0 Å². The molecule has 2 heterocycles. The molecular weight excluding hydrogens is 453 g/mol. The van der Waals surface area contributed by atoms with Gasteiger partial charge in [-0.2, -0.15) is 0 Å². The quantitative estimate of drug-likeness (QED) is 0.191. The molecule has 3 N–H and O–H groups in total. The first kappa shape index (κ1) is 28.1. The standard InChI is InChI=1S/C22H38NO9P/c1-3-4-5-6-7-8-9-10-13-22(15(2)11-12-17(24)23-21(22)27)20-19(26)18(25)16(32-20)14-31-33(28,29)30/h11-12,15-16,18-20,25-26H,3-10,13-14H2,1-2H3,(H,23,24,27)(H2,28,29,30)/p-2. The number of phosphoric acid groups is 1. The topological polar surface area (TPSA) is 168 Å². The van der Waals surface area contributed by atoms with Crippen LogP contribution >= 0.6 is 7.82 Å². The SMILES string of the molecule is CCCCCCCCCCC1(C2OC(COP(=O)([O-])[O-])C(O)C2O)C(=O)NC(=O)C=CC1C. The summed E-state index contributed by atoms with van der Waals surface area (Å²) in [5.41, 5.74) is -1.38. The highest BCUT2D eigenvalue weighted by molar-refractivity contribution is 7.43. The Labute approximate surface area is 195 Å². The first-order valence-electron chi connectivity index (χ1n) is 11.7. The fourth-order valence-electron chi connectivity index (χ4n) is 4.78. The average Bonchev–Trinajstić information content (AvgIpc) is 2.97. The summed E-state index contributed by atoms with van der Waals surface area (Å²) >= 11 is 0. The van der Waals surface area contributed by atoms with E-state index in [9.17, 15) is 34.2 Å². The van der Waals surface area contributed by atoms with Crippen LogP contribution in [0, 0.1) is 11.3 Å². The van der Waals surface area contributed by atoms with Crippen molar-refractivity contribution >= 4 is 19.6 Å². The molecule has 10 nitrogen and oxygen atoms in total. The number of nitrogens with one attached hydrogen (secondary N) is 1. The van der Waals surface area contributed by atoms with Crippen molar-refractivity contribution in [2.45, 2.75) is 96.1 Å². The summed E-state index contributed by atoms with van der Waals surface area (Å²) in [7, 11) is -5.32. The van der Waals surface area contributed by atoms with Crippen LogP contribution in [0.25, 0.3) is 0 Å². The van der Waals surface area contributed by atoms with E-state index in [1.807, 2.05) is 0 Å². The first-order valence-corrected chi connectivity index (χ1v) is 13.2. The van der Waals surface area contributed by atoms with Crippen molar-refractivity contribution in [2.24, 2.45) is 11.3 Å². The molecule has 6 unspecified atom stereocenters. The molecule has 0 aromatic rings. The number of aliphatic hydroxyl groups excluding tert-OH is 2. The maximum atomic E-state index is 13.2. The van der Waals surface area contributed by atoms with Crippen LogP contribution < -0.4 is 15.1 Å². The Morgan fingerprint density at radius 3 is 2.30 bits per heavy atom. The van der Waals surface area contributed by atoms with Crippen LogP contribution in [0.15, 0.2) is 12.2 Å². The largest absolute Gasteiger partial charge is 0.790 e. The highest BCUT2D eigenvalue weighted by Gasteiger charge is 2.59. The van der Waals surface area contributed by atoms with Gasteiger partial charge in [0.15, 0.2) is 0 Å². The molecule has 0 bridgehead atoms. The third kappa shape index (κ3) is 7.42. The number of unbranched alkanes of at least 4 members (excludes halogenated alkanes) is 7. The lowest BCUT2D eigenvalue weighted by Gasteiger charge is -2.41. The Morgan fingerprint density at radius 1 is 1.09 bits per heavy atom. The highest BCUT2D eigenvalue weighted by Crippen LogP contribution is 2.46. The van der Waals surface area contributed by atoms with Gasteiger partial charge in [0.1, 0.15) is 24.4 Å². The number of hydrogen-bond acceptors (Lipinski definition) is 9. The van der Waals surface area contributed by atoms with Gasteiger partial charge < -0.3 is 33.8 Å². The summed E-state index contributed by atoms with van der Waals surface area (Å²) < 4.78 is 20.8. The smallest absolute Gasteiger partial charge is 0.250 e. The van der Waals surface area contributed by atoms with Crippen LogP contribution in [-0.2, 0) is 23.4 Å². The van der Waals surface area contributed by atoms with Crippen LogP contribution in [0.3, 0.4) is 0 Å². The van der Waals surface area contributed by atoms with Gasteiger partial charge in [-0.3, -0.25) is 14.9 Å². The van der Waals surface area contributed by atoms with E-state index in [1.165, 1.54) is 25.3 Å². The van der Waals surface area contributed by atoms with E-state index in [2.05, 4.69) is 16.8 Å². The van der Waals surface area contributed by atoms with Crippen molar-refractivity contribution in [1.29, 1.82) is 0 Å². The van der Waals surface area contributed by atoms with Gasteiger partial charge in [-0.25, -0.2) is 0 Å². The third-order valence-corrected chi connectivity index (χ3v) is 7.18. The van der Waals surface area contributed by atoms with Gasteiger partial charge in [0.2, 0.25) is 11.8 Å². The molecular formula is C22H36NO9P-2. The number of phosphoric ester groups is 1. The molecule has 11 heteroatoms. The normalized spacial score (nSPS) is 32.7. The molecule has 0 radical (unpaired) electrons. The maximum Gasteiger partial charge on any atom is 0.250 e. The maximum absolute atomic E-state index is 13.2. The lowest BCUT2D eigenvalue weighted by atomic mass is 9.66. The number of carbonyl (C=O) groups is 2. The van der Waals surface area contributed by atoms with Crippen LogP contribution in [0.1, 0.15) is 71.6 Å². The number of ether oxygens (including phenoxy) is 1. The minimum absolute atomic E-state index is 0.288. The predicted octanol–water partition coefficient (Wildman–Crippen LogP) is 0.687. The monoisotopic (exact) mass is 489 g/mol. The third-order valence-electron chi connectivity index (χ3n) is 6.72. The van der Waals surface area contributed by atoms with Crippen molar-refractivity contribution in [3.8, 4) is 0 Å². The fourth-order valence-corrected chi connectivity index (χ4v) is 5.11. The molecule has 2 rings (SSSR count). The molecule has 1 fully saturated rings. The zero-order valence-corrected chi connectivity index (χ0v) is 20.2. The number of carbonyl (C=O) groups excluding carboxylic acids is 2. The Bertz CT molecular complexity index is 739. The summed E-state index contributed by atoms with van der Waals surface area (Å²) in [5.74, 6) is -1.73. The number of hydrogen-bond donors (Lipinski definition) is 3. The summed E-state index contributed by atoms with van der Waals surface area (Å²) in [5, 5.41) is 23.5. The molecule has 33 heavy (non-hydrogen) atoms. The van der Waals surface area contributed by atoms with Crippen LogP contribution in [0.5, 0.6) is 0 Å². The van der Waals surface area contributed by atoms with Crippen molar-refractivity contribution in [3.05, 3.63) is 12.2 Å². The molecule has 0 saturated carbocycles. The molecule has 2 aliphatic heterocycles. The van der Waals surface area contributed by atoms with Crippen molar-refractivity contribution in [2.75, 3.05) is 6.61 Å². The van der Waals surface area contributed by atoms with Gasteiger partial charge in [0.05, 0.1) is 19.8 Å². The minimum atomic E-state index is -5.32. The summed E-state index contributed by atoms with van der Waals surface area (Å²) in [6, 6.07) is 0. The number of amides is 2. The fraction of sp³-hybridized carbons (Fsp3) is 0.818. The zero-order valence-electron chi connectivity index (χ0n) is 19.3. The number of rotatable bonds is 13. The average molecular weight is 490 g/mol. The lowest BCUT2D eigenvalue weighted by Crippen LogP contribution is -2.56. The first-order chi connectivity index (χ1) is 15.5. The number of aliphatic hydroxyl groups is 2. The van der Waals surface area contributed by atoms with Crippen LogP contribution in [-0.4, -0.2) is 53.1 Å². The number of imide groups is 1. The molecule has 0 spiro atoms. The van der Waals surface area contributed by atoms with E-state index < -0.39 is 62.0 Å². The van der Waals surface area contributed by atoms with E-state index in [1.54, 1.807) is 13.0 Å². The van der Waals surface area contributed by atoms with E-state index in [0.717, 1.165) is 25.7 Å². The van der Waals surface area contributed by atoms with Crippen molar-refractivity contribution in [3.63, 3.8) is 0 Å². The van der Waals surface area contributed by atoms with Crippen molar-refractivity contribution < 1.29 is 43.4 Å². The molecule has 6 atom stereocenters. The van der Waals surface area contributed by atoms with Gasteiger partial charge in [-0.1, -0.05) is 71.3 Å². The molecule has 2 amide bonds. The summed E-state index contributed by atoms with van der Waals surface area (Å²) in [4.78, 5) is 46.9. The second-order valence-electron chi connectivity index (χ2n) is 9.05. The molecule has 1 saturated heterocycles. The second-order valence-corrected chi connectivity index (χ2v) is 10.2. The van der Waals surface area contributed by atoms with E-state index in [0.29, 0.717) is 6.42 Å². The summed E-state index contributed by atoms with van der Waals surface area (Å²) in [6.45, 7) is 3.11. The van der Waals surface area contributed by atoms with Crippen molar-refractivity contribution in [1.82, 2.24) is 5.32 Å². The van der Waals surface area contributed by atoms with Gasteiger partial charge >= 0.3 is 0 Å². The predicted molar refractivity (Wildman–Crippen MR) is 115 cm³/mol. The number of allylic oxidation sites excluding steroid dienone is 1. The molecule has 2 aliphatic rings. The molecule has 0 aliphatic carbocycles. The van der Waals surface area contributed by atoms with Crippen LogP contribution in [0.2, 0.25) is 0 Å². The van der Waals surface area contributed by atoms with E-state index >= 15 is 0 Å². The van der Waals surface area contributed by atoms with Crippen LogP contribution in [0.4, 0.5) is 0 Å². The Balaban J connectivity index is 2.15. The summed E-state index contributed by atoms with van der Waals surface area (Å²) in [6.07, 6.45) is 5.71. The minimum Gasteiger partial charge on any atom is -0.790 e. The Morgan fingerprint density at radius 2 is 1.70 bits per heavy atom. The zero-order chi connectivity index (χ0) is 24.6. The molecule has 190 valence electrons. The van der Waals surface area contributed by atoms with E-state index in [4.69, 9.17) is 4.74 Å². The van der Waals surface area contributed by atoms with Gasteiger partial charge in [-0.05, 0) is 18.4 Å². The lowest BCUT2D eigenvalue weighted by molar-refractivity contribution is -0.343. The second kappa shape index (κ2) is 12.5. The highest BCUT2D eigenvalue weighted by atomic mass is 31.2. The Hall–Kier alpha value is -1.13. The van der Waals surface area contributed by atoms with Gasteiger partial charge in [0, 0.05) is 0 Å². The molecule has 0 aromatic heterocycles. The van der Waals surface area contributed by atoms with E-state index in [-0.39, 0.29) is 6.42 Å². The molecule has 0 aromatic carbocycles. The Kier molecular flexibility index (Phi) is 10.7. The van der Waals surface area contributed by atoms with Gasteiger partial charge in [0.25, 0.3) is 0 Å².